The summed E-state index contributed by atoms with van der Waals surface area (Å²) < 4.78 is 38.6. The van der Waals surface area contributed by atoms with Gasteiger partial charge in [-0.1, -0.05) is 28.8 Å². The zero-order valence-electron chi connectivity index (χ0n) is 11.3. The zero-order chi connectivity index (χ0) is 15.7. The summed E-state index contributed by atoms with van der Waals surface area (Å²) in [6.45, 7) is 0.207. The van der Waals surface area contributed by atoms with Gasteiger partial charge < -0.3 is 11.1 Å². The largest absolute Gasteiger partial charge is 0.416 e. The van der Waals surface area contributed by atoms with Crippen LogP contribution in [0.3, 0.4) is 0 Å². The Labute approximate surface area is 129 Å². The maximum Gasteiger partial charge on any atom is 0.416 e. The van der Waals surface area contributed by atoms with Crippen molar-refractivity contribution in [3.8, 4) is 0 Å². The van der Waals surface area contributed by atoms with Gasteiger partial charge >= 0.3 is 6.18 Å². The number of hydrogen-bond donors (Lipinski definition) is 2. The van der Waals surface area contributed by atoms with Crippen molar-refractivity contribution >= 4 is 27.5 Å². The first-order valence-electron chi connectivity index (χ1n) is 6.66. The van der Waals surface area contributed by atoms with Crippen LogP contribution in [0.2, 0.25) is 0 Å². The molecule has 0 radical (unpaired) electrons. The molecule has 3 nitrogen and oxygen atoms in total. The van der Waals surface area contributed by atoms with Gasteiger partial charge in [0.25, 0.3) is 0 Å². The van der Waals surface area contributed by atoms with Gasteiger partial charge in [0.1, 0.15) is 0 Å². The minimum Gasteiger partial charge on any atom is -0.329 e. The lowest BCUT2D eigenvalue weighted by Gasteiger charge is -2.26. The lowest BCUT2D eigenvalue weighted by Crippen LogP contribution is -2.40. The summed E-state index contributed by atoms with van der Waals surface area (Å²) in [6, 6.07) is 3.36. The van der Waals surface area contributed by atoms with Gasteiger partial charge in [0.05, 0.1) is 11.0 Å². The van der Waals surface area contributed by atoms with Crippen molar-refractivity contribution in [2.75, 3.05) is 11.9 Å². The molecule has 0 spiro atoms. The predicted molar refractivity (Wildman–Crippen MR) is 77.7 cm³/mol. The molecule has 0 bridgehead atoms. The molecule has 1 aliphatic carbocycles. The molecule has 2 rings (SSSR count). The standard InChI is InChI=1S/C14H16BrF3N2O/c15-10-5-9(14(16,17)18)6-11(7-10)20-12(21)13(8-19)3-1-2-4-13/h5-7H,1-4,8,19H2,(H,20,21). The Balaban J connectivity index is 2.23. The predicted octanol–water partition coefficient (Wildman–Crippen LogP) is 3.93. The van der Waals surface area contributed by atoms with Crippen LogP contribution in [0.5, 0.6) is 0 Å². The minimum absolute atomic E-state index is 0.126. The van der Waals surface area contributed by atoms with Gasteiger partial charge in [-0.05, 0) is 31.0 Å². The molecule has 1 amide bonds. The number of carbonyl (C=O) groups excluding carboxylic acids is 1. The van der Waals surface area contributed by atoms with E-state index in [1.54, 1.807) is 0 Å². The second-order valence-corrected chi connectivity index (χ2v) is 6.29. The van der Waals surface area contributed by atoms with E-state index < -0.39 is 17.2 Å². The second kappa shape index (κ2) is 5.96. The van der Waals surface area contributed by atoms with Gasteiger partial charge in [-0.3, -0.25) is 4.79 Å². The SMILES string of the molecule is NCC1(C(=O)Nc2cc(Br)cc(C(F)(F)F)c2)CCCC1. The van der Waals surface area contributed by atoms with Gasteiger partial charge in [0.15, 0.2) is 0 Å². The van der Waals surface area contributed by atoms with Crippen LogP contribution in [-0.4, -0.2) is 12.5 Å². The third-order valence-electron chi connectivity index (χ3n) is 3.92. The number of halogens is 4. The fourth-order valence-corrected chi connectivity index (χ4v) is 3.16. The maximum absolute atomic E-state index is 12.8. The van der Waals surface area contributed by atoms with Crippen LogP contribution in [0.15, 0.2) is 22.7 Å². The first kappa shape index (κ1) is 16.3. The number of amides is 1. The van der Waals surface area contributed by atoms with E-state index in [4.69, 9.17) is 5.73 Å². The highest BCUT2D eigenvalue weighted by molar-refractivity contribution is 9.10. The van der Waals surface area contributed by atoms with E-state index in [-0.39, 0.29) is 22.6 Å². The van der Waals surface area contributed by atoms with Gasteiger partial charge in [0, 0.05) is 16.7 Å². The Morgan fingerprint density at radius 1 is 1.29 bits per heavy atom. The van der Waals surface area contributed by atoms with Gasteiger partial charge in [-0.15, -0.1) is 0 Å². The number of nitrogens with one attached hydrogen (secondary N) is 1. The summed E-state index contributed by atoms with van der Waals surface area (Å²) in [5, 5.41) is 2.58. The van der Waals surface area contributed by atoms with Crippen LogP contribution in [0, 0.1) is 5.41 Å². The third-order valence-corrected chi connectivity index (χ3v) is 4.37. The van der Waals surface area contributed by atoms with Crippen LogP contribution in [0.25, 0.3) is 0 Å². The van der Waals surface area contributed by atoms with Gasteiger partial charge in [-0.2, -0.15) is 13.2 Å². The van der Waals surface area contributed by atoms with Crippen molar-refractivity contribution in [3.63, 3.8) is 0 Å². The summed E-state index contributed by atoms with van der Waals surface area (Å²) in [5.41, 5.74) is 4.37. The molecular weight excluding hydrogens is 349 g/mol. The number of benzene rings is 1. The Hall–Kier alpha value is -1.08. The van der Waals surface area contributed by atoms with Crippen molar-refractivity contribution in [3.05, 3.63) is 28.2 Å². The number of rotatable bonds is 3. The molecular formula is C14H16BrF3N2O. The molecule has 1 saturated carbocycles. The number of anilines is 1. The van der Waals surface area contributed by atoms with Crippen molar-refractivity contribution in [1.82, 2.24) is 0 Å². The molecule has 1 aromatic rings. The quantitative estimate of drug-likeness (QED) is 0.853. The first-order valence-corrected chi connectivity index (χ1v) is 7.45. The van der Waals surface area contributed by atoms with Crippen molar-refractivity contribution in [1.29, 1.82) is 0 Å². The van der Waals surface area contributed by atoms with Crippen molar-refractivity contribution in [2.24, 2.45) is 11.1 Å². The van der Waals surface area contributed by atoms with Crippen LogP contribution in [-0.2, 0) is 11.0 Å². The highest BCUT2D eigenvalue weighted by Gasteiger charge is 2.40. The molecule has 0 heterocycles. The van der Waals surface area contributed by atoms with E-state index in [9.17, 15) is 18.0 Å². The molecule has 0 atom stereocenters. The summed E-state index contributed by atoms with van der Waals surface area (Å²) in [5.74, 6) is -0.297. The van der Waals surface area contributed by atoms with E-state index in [2.05, 4.69) is 21.2 Å². The molecule has 0 unspecified atom stereocenters. The summed E-state index contributed by atoms with van der Waals surface area (Å²) >= 11 is 3.03. The Morgan fingerprint density at radius 3 is 2.43 bits per heavy atom. The number of hydrogen-bond acceptors (Lipinski definition) is 2. The van der Waals surface area contributed by atoms with Gasteiger partial charge in [0.2, 0.25) is 5.91 Å². The Bertz CT molecular complexity index is 540. The molecule has 1 aliphatic rings. The van der Waals surface area contributed by atoms with E-state index in [1.807, 2.05) is 0 Å². The summed E-state index contributed by atoms with van der Waals surface area (Å²) in [6.07, 6.45) is -1.28. The molecule has 7 heteroatoms. The molecule has 21 heavy (non-hydrogen) atoms. The number of alkyl halides is 3. The van der Waals surface area contributed by atoms with E-state index >= 15 is 0 Å². The number of nitrogens with two attached hydrogens (primary N) is 1. The summed E-state index contributed by atoms with van der Waals surface area (Å²) in [4.78, 5) is 12.4. The molecule has 0 saturated heterocycles. The highest BCUT2D eigenvalue weighted by atomic mass is 79.9. The first-order chi connectivity index (χ1) is 9.77. The Morgan fingerprint density at radius 2 is 1.90 bits per heavy atom. The highest BCUT2D eigenvalue weighted by Crippen LogP contribution is 2.39. The summed E-state index contributed by atoms with van der Waals surface area (Å²) in [7, 11) is 0. The average Bonchev–Trinajstić information content (AvgIpc) is 2.87. The minimum atomic E-state index is -4.46. The van der Waals surface area contributed by atoms with Gasteiger partial charge in [-0.25, -0.2) is 0 Å². The molecule has 0 aromatic heterocycles. The van der Waals surface area contributed by atoms with Crippen molar-refractivity contribution in [2.45, 2.75) is 31.9 Å². The zero-order valence-corrected chi connectivity index (χ0v) is 12.9. The second-order valence-electron chi connectivity index (χ2n) is 5.37. The van der Waals surface area contributed by atoms with E-state index in [0.29, 0.717) is 12.8 Å². The Kier molecular flexibility index (Phi) is 4.63. The van der Waals surface area contributed by atoms with E-state index in [0.717, 1.165) is 25.0 Å². The van der Waals surface area contributed by atoms with Crippen LogP contribution < -0.4 is 11.1 Å². The fourth-order valence-electron chi connectivity index (χ4n) is 2.66. The number of carbonyl (C=O) groups is 1. The van der Waals surface area contributed by atoms with Crippen molar-refractivity contribution < 1.29 is 18.0 Å². The molecule has 3 N–H and O–H groups in total. The normalized spacial score (nSPS) is 17.8. The topological polar surface area (TPSA) is 55.1 Å². The maximum atomic E-state index is 12.8. The average molecular weight is 365 g/mol. The van der Waals surface area contributed by atoms with Crippen LogP contribution >= 0.6 is 15.9 Å². The smallest absolute Gasteiger partial charge is 0.329 e. The monoisotopic (exact) mass is 364 g/mol. The molecule has 116 valence electrons. The van der Waals surface area contributed by atoms with Crippen LogP contribution in [0.1, 0.15) is 31.2 Å². The lowest BCUT2D eigenvalue weighted by atomic mass is 9.85. The molecule has 1 aromatic carbocycles. The van der Waals surface area contributed by atoms with Crippen LogP contribution in [0.4, 0.5) is 18.9 Å². The molecule has 1 fully saturated rings. The van der Waals surface area contributed by atoms with E-state index in [1.165, 1.54) is 6.07 Å². The fraction of sp³-hybridized carbons (Fsp3) is 0.500. The molecule has 0 aliphatic heterocycles. The lowest BCUT2D eigenvalue weighted by molar-refractivity contribution is -0.137. The third kappa shape index (κ3) is 3.58.